The minimum atomic E-state index is -4.54. The Labute approximate surface area is 118 Å². The summed E-state index contributed by atoms with van der Waals surface area (Å²) in [5, 5.41) is 4.60. The molecule has 110 valence electrons. The Hall–Kier alpha value is -2.70. The van der Waals surface area contributed by atoms with E-state index in [1.165, 1.54) is 18.2 Å². The fourth-order valence-electron chi connectivity index (χ4n) is 1.69. The number of nitrogens with two attached hydrogens (primary N) is 1. The van der Waals surface area contributed by atoms with E-state index in [0.717, 1.165) is 6.07 Å². The molecule has 4 nitrogen and oxygen atoms in total. The Kier molecular flexibility index (Phi) is 4.02. The van der Waals surface area contributed by atoms with E-state index >= 15 is 0 Å². The van der Waals surface area contributed by atoms with Gasteiger partial charge >= 0.3 is 12.2 Å². The minimum Gasteiger partial charge on any atom is -0.399 e. The van der Waals surface area contributed by atoms with Gasteiger partial charge in [0.1, 0.15) is 0 Å². The number of hydrogen-bond donors (Lipinski definition) is 3. The number of para-hydroxylation sites is 1. The lowest BCUT2D eigenvalue weighted by molar-refractivity contribution is -0.136. The molecular weight excluding hydrogens is 283 g/mol. The molecule has 0 bridgehead atoms. The minimum absolute atomic E-state index is 0.307. The number of halogens is 3. The van der Waals surface area contributed by atoms with Crippen LogP contribution in [0.5, 0.6) is 0 Å². The number of nitrogen functional groups attached to an aromatic ring is 1. The van der Waals surface area contributed by atoms with Crippen molar-refractivity contribution in [2.24, 2.45) is 0 Å². The number of carbonyl (C=O) groups is 1. The summed E-state index contributed by atoms with van der Waals surface area (Å²) in [6, 6.07) is 10.2. The van der Waals surface area contributed by atoms with Crippen LogP contribution in [0.4, 0.5) is 35.0 Å². The second-order valence-corrected chi connectivity index (χ2v) is 4.24. The van der Waals surface area contributed by atoms with E-state index in [4.69, 9.17) is 5.73 Å². The third kappa shape index (κ3) is 3.88. The van der Waals surface area contributed by atoms with E-state index in [2.05, 4.69) is 10.6 Å². The summed E-state index contributed by atoms with van der Waals surface area (Å²) in [5.41, 5.74) is 5.22. The van der Waals surface area contributed by atoms with Crippen molar-refractivity contribution in [1.29, 1.82) is 0 Å². The van der Waals surface area contributed by atoms with Crippen molar-refractivity contribution in [3.05, 3.63) is 54.1 Å². The molecule has 21 heavy (non-hydrogen) atoms. The number of rotatable bonds is 2. The Bertz CT molecular complexity index is 639. The van der Waals surface area contributed by atoms with Crippen LogP contribution in [0, 0.1) is 0 Å². The van der Waals surface area contributed by atoms with E-state index < -0.39 is 17.8 Å². The van der Waals surface area contributed by atoms with Crippen molar-refractivity contribution in [2.45, 2.75) is 6.18 Å². The third-order valence-corrected chi connectivity index (χ3v) is 2.65. The SMILES string of the molecule is Nc1ccc(NC(=O)Nc2ccccc2C(F)(F)F)cc1. The predicted molar refractivity (Wildman–Crippen MR) is 74.9 cm³/mol. The maximum Gasteiger partial charge on any atom is 0.418 e. The lowest BCUT2D eigenvalue weighted by atomic mass is 10.1. The Morgan fingerprint density at radius 3 is 2.19 bits per heavy atom. The van der Waals surface area contributed by atoms with Gasteiger partial charge in [-0.25, -0.2) is 4.79 Å². The number of amides is 2. The van der Waals surface area contributed by atoms with E-state index in [1.54, 1.807) is 24.3 Å². The van der Waals surface area contributed by atoms with Crippen LogP contribution in [0.3, 0.4) is 0 Å². The summed E-state index contributed by atoms with van der Waals surface area (Å²) >= 11 is 0. The smallest absolute Gasteiger partial charge is 0.399 e. The molecule has 0 aromatic heterocycles. The molecule has 0 aliphatic rings. The summed E-state index contributed by atoms with van der Waals surface area (Å²) in [6.07, 6.45) is -4.54. The molecule has 0 aliphatic heterocycles. The van der Waals surface area contributed by atoms with Crippen LogP contribution in [-0.4, -0.2) is 6.03 Å². The van der Waals surface area contributed by atoms with Gasteiger partial charge in [-0.2, -0.15) is 13.2 Å². The fraction of sp³-hybridized carbons (Fsp3) is 0.0714. The molecule has 2 amide bonds. The first kappa shape index (κ1) is 14.7. The van der Waals surface area contributed by atoms with E-state index in [9.17, 15) is 18.0 Å². The normalized spacial score (nSPS) is 11.0. The number of anilines is 3. The monoisotopic (exact) mass is 295 g/mol. The van der Waals surface area contributed by atoms with Gasteiger partial charge in [0.05, 0.1) is 11.3 Å². The zero-order valence-corrected chi connectivity index (χ0v) is 10.7. The van der Waals surface area contributed by atoms with Crippen molar-refractivity contribution in [3.8, 4) is 0 Å². The number of alkyl halides is 3. The van der Waals surface area contributed by atoms with Gasteiger partial charge in [0.25, 0.3) is 0 Å². The van der Waals surface area contributed by atoms with Crippen LogP contribution in [0.1, 0.15) is 5.56 Å². The Morgan fingerprint density at radius 2 is 1.57 bits per heavy atom. The van der Waals surface area contributed by atoms with Gasteiger partial charge in [-0.3, -0.25) is 0 Å². The van der Waals surface area contributed by atoms with Crippen LogP contribution in [0.25, 0.3) is 0 Å². The molecule has 0 radical (unpaired) electrons. The first-order valence-electron chi connectivity index (χ1n) is 5.96. The van der Waals surface area contributed by atoms with Gasteiger partial charge < -0.3 is 16.4 Å². The van der Waals surface area contributed by atoms with Gasteiger partial charge in [0.15, 0.2) is 0 Å². The molecule has 0 unspecified atom stereocenters. The van der Waals surface area contributed by atoms with Crippen LogP contribution in [0.2, 0.25) is 0 Å². The highest BCUT2D eigenvalue weighted by atomic mass is 19.4. The average Bonchev–Trinajstić information content (AvgIpc) is 2.41. The summed E-state index contributed by atoms with van der Waals surface area (Å²) in [5.74, 6) is 0. The largest absolute Gasteiger partial charge is 0.418 e. The van der Waals surface area contributed by atoms with E-state index in [0.29, 0.717) is 11.4 Å². The van der Waals surface area contributed by atoms with Gasteiger partial charge in [-0.15, -0.1) is 0 Å². The highest BCUT2D eigenvalue weighted by Crippen LogP contribution is 2.34. The lowest BCUT2D eigenvalue weighted by Gasteiger charge is -2.14. The summed E-state index contributed by atoms with van der Waals surface area (Å²) < 4.78 is 38.4. The third-order valence-electron chi connectivity index (χ3n) is 2.65. The van der Waals surface area contributed by atoms with Crippen LogP contribution in [-0.2, 0) is 6.18 Å². The molecule has 0 heterocycles. The highest BCUT2D eigenvalue weighted by Gasteiger charge is 2.33. The number of benzene rings is 2. The van der Waals surface area contributed by atoms with Gasteiger partial charge in [0.2, 0.25) is 0 Å². The molecule has 2 aromatic rings. The van der Waals surface area contributed by atoms with Gasteiger partial charge in [0, 0.05) is 11.4 Å². The van der Waals surface area contributed by atoms with Crippen LogP contribution >= 0.6 is 0 Å². The topological polar surface area (TPSA) is 67.1 Å². The molecular formula is C14H12F3N3O. The second-order valence-electron chi connectivity index (χ2n) is 4.24. The first-order valence-corrected chi connectivity index (χ1v) is 5.96. The average molecular weight is 295 g/mol. The van der Waals surface area contributed by atoms with Crippen molar-refractivity contribution >= 4 is 23.1 Å². The zero-order valence-electron chi connectivity index (χ0n) is 10.7. The lowest BCUT2D eigenvalue weighted by Crippen LogP contribution is -2.21. The maximum absolute atomic E-state index is 12.8. The predicted octanol–water partition coefficient (Wildman–Crippen LogP) is 3.93. The van der Waals surface area contributed by atoms with Crippen molar-refractivity contribution in [3.63, 3.8) is 0 Å². The summed E-state index contributed by atoms with van der Waals surface area (Å²) in [7, 11) is 0. The molecule has 2 rings (SSSR count). The number of urea groups is 1. The Balaban J connectivity index is 2.11. The fourth-order valence-corrected chi connectivity index (χ4v) is 1.69. The first-order chi connectivity index (χ1) is 9.86. The van der Waals surface area contributed by atoms with Crippen molar-refractivity contribution in [1.82, 2.24) is 0 Å². The zero-order chi connectivity index (χ0) is 15.5. The van der Waals surface area contributed by atoms with Crippen LogP contribution < -0.4 is 16.4 Å². The number of hydrogen-bond acceptors (Lipinski definition) is 2. The standard InChI is InChI=1S/C14H12F3N3O/c15-14(16,17)11-3-1-2-4-12(11)20-13(21)19-10-7-5-9(18)6-8-10/h1-8H,18H2,(H2,19,20,21). The Morgan fingerprint density at radius 1 is 0.952 bits per heavy atom. The van der Waals surface area contributed by atoms with Gasteiger partial charge in [-0.05, 0) is 36.4 Å². The molecule has 0 fully saturated rings. The number of carbonyl (C=O) groups excluding carboxylic acids is 1. The van der Waals surface area contributed by atoms with E-state index in [-0.39, 0.29) is 5.69 Å². The van der Waals surface area contributed by atoms with Gasteiger partial charge in [-0.1, -0.05) is 12.1 Å². The maximum atomic E-state index is 12.8. The molecule has 2 aromatic carbocycles. The molecule has 7 heteroatoms. The summed E-state index contributed by atoms with van der Waals surface area (Å²) in [4.78, 5) is 11.7. The molecule has 0 atom stereocenters. The molecule has 0 saturated carbocycles. The highest BCUT2D eigenvalue weighted by molar-refractivity contribution is 6.00. The van der Waals surface area contributed by atoms with E-state index in [1.807, 2.05) is 0 Å². The van der Waals surface area contributed by atoms with Crippen LogP contribution in [0.15, 0.2) is 48.5 Å². The summed E-state index contributed by atoms with van der Waals surface area (Å²) in [6.45, 7) is 0. The molecule has 0 saturated heterocycles. The van der Waals surface area contributed by atoms with Crippen molar-refractivity contribution in [2.75, 3.05) is 16.4 Å². The number of nitrogens with one attached hydrogen (secondary N) is 2. The molecule has 4 N–H and O–H groups in total. The quantitative estimate of drug-likeness (QED) is 0.735. The molecule has 0 spiro atoms. The molecule has 0 aliphatic carbocycles. The second kappa shape index (κ2) is 5.74. The van der Waals surface area contributed by atoms with Crippen molar-refractivity contribution < 1.29 is 18.0 Å².